The van der Waals surface area contributed by atoms with E-state index < -0.39 is 17.5 Å². The molecule has 0 aromatic rings. The van der Waals surface area contributed by atoms with Gasteiger partial charge in [0.15, 0.2) is 5.78 Å². The maximum atomic E-state index is 11.3. The van der Waals surface area contributed by atoms with Gasteiger partial charge >= 0.3 is 11.9 Å². The first-order valence-corrected chi connectivity index (χ1v) is 5.57. The third-order valence-corrected chi connectivity index (χ3v) is 1.61. The van der Waals surface area contributed by atoms with E-state index in [0.717, 1.165) is 0 Å². The van der Waals surface area contributed by atoms with Crippen LogP contribution in [0.2, 0.25) is 0 Å². The van der Waals surface area contributed by atoms with E-state index in [1.165, 1.54) is 0 Å². The Labute approximate surface area is 106 Å². The molecule has 0 aliphatic heterocycles. The SMILES string of the molecule is CC(C)(C)OC(=O)CNCC(=O)CNCC(=O)O. The monoisotopic (exact) mass is 260 g/mol. The summed E-state index contributed by atoms with van der Waals surface area (Å²) in [5.41, 5.74) is -0.550. The zero-order valence-electron chi connectivity index (χ0n) is 10.9. The standard InChI is InChI=1S/C11H20N2O5/c1-11(2,3)18-10(17)7-13-5-8(14)4-12-6-9(15)16/h12-13H,4-7H2,1-3H3,(H,15,16). The summed E-state index contributed by atoms with van der Waals surface area (Å²) < 4.78 is 5.03. The molecule has 0 atom stereocenters. The molecular formula is C11H20N2O5. The first-order valence-electron chi connectivity index (χ1n) is 5.57. The molecule has 7 nitrogen and oxygen atoms in total. The third kappa shape index (κ3) is 11.0. The molecule has 0 amide bonds. The van der Waals surface area contributed by atoms with E-state index in [1.54, 1.807) is 20.8 Å². The lowest BCUT2D eigenvalue weighted by Crippen LogP contribution is -2.37. The highest BCUT2D eigenvalue weighted by Gasteiger charge is 2.15. The second kappa shape index (κ2) is 7.78. The molecule has 0 bridgehead atoms. The lowest BCUT2D eigenvalue weighted by Gasteiger charge is -2.19. The van der Waals surface area contributed by atoms with Crippen LogP contribution < -0.4 is 10.6 Å². The van der Waals surface area contributed by atoms with Gasteiger partial charge in [0.2, 0.25) is 0 Å². The zero-order chi connectivity index (χ0) is 14.2. The molecule has 0 aromatic carbocycles. The Balaban J connectivity index is 3.62. The predicted molar refractivity (Wildman–Crippen MR) is 64.2 cm³/mol. The number of carbonyl (C=O) groups is 3. The number of hydrogen-bond acceptors (Lipinski definition) is 6. The van der Waals surface area contributed by atoms with Crippen molar-refractivity contribution in [3.8, 4) is 0 Å². The molecule has 0 rings (SSSR count). The van der Waals surface area contributed by atoms with Crippen molar-refractivity contribution < 1.29 is 24.2 Å². The molecule has 3 N–H and O–H groups in total. The van der Waals surface area contributed by atoms with E-state index >= 15 is 0 Å². The lowest BCUT2D eigenvalue weighted by atomic mass is 10.2. The van der Waals surface area contributed by atoms with Crippen molar-refractivity contribution >= 4 is 17.7 Å². The van der Waals surface area contributed by atoms with Crippen LogP contribution in [0.1, 0.15) is 20.8 Å². The van der Waals surface area contributed by atoms with Gasteiger partial charge in [0, 0.05) is 0 Å². The molecule has 0 aromatic heterocycles. The van der Waals surface area contributed by atoms with E-state index in [2.05, 4.69) is 10.6 Å². The van der Waals surface area contributed by atoms with Crippen molar-refractivity contribution in [1.82, 2.24) is 10.6 Å². The minimum atomic E-state index is -1.02. The summed E-state index contributed by atoms with van der Waals surface area (Å²) in [6, 6.07) is 0. The topological polar surface area (TPSA) is 105 Å². The minimum absolute atomic E-state index is 0.00807. The Kier molecular flexibility index (Phi) is 7.14. The maximum absolute atomic E-state index is 11.3. The third-order valence-electron chi connectivity index (χ3n) is 1.61. The quantitative estimate of drug-likeness (QED) is 0.489. The highest BCUT2D eigenvalue weighted by Crippen LogP contribution is 2.05. The number of esters is 1. The highest BCUT2D eigenvalue weighted by atomic mass is 16.6. The van der Waals surface area contributed by atoms with Crippen molar-refractivity contribution in [3.63, 3.8) is 0 Å². The smallest absolute Gasteiger partial charge is 0.320 e. The number of Topliss-reactive ketones (excluding diaryl/α,β-unsaturated/α-hetero) is 1. The molecule has 0 saturated carbocycles. The molecule has 0 aliphatic rings. The van der Waals surface area contributed by atoms with E-state index in [1.807, 2.05) is 0 Å². The van der Waals surface area contributed by atoms with Crippen LogP contribution in [-0.2, 0) is 19.1 Å². The number of ketones is 1. The molecule has 0 heterocycles. The summed E-state index contributed by atoms with van der Waals surface area (Å²) in [5.74, 6) is -1.68. The summed E-state index contributed by atoms with van der Waals surface area (Å²) in [7, 11) is 0. The van der Waals surface area contributed by atoms with Gasteiger partial charge < -0.3 is 20.5 Å². The summed E-state index contributed by atoms with van der Waals surface area (Å²) in [6.45, 7) is 4.89. The normalized spacial score (nSPS) is 11.1. The number of carbonyl (C=O) groups excluding carboxylic acids is 2. The largest absolute Gasteiger partial charge is 0.480 e. The van der Waals surface area contributed by atoms with Crippen molar-refractivity contribution in [2.45, 2.75) is 26.4 Å². The van der Waals surface area contributed by atoms with Gasteiger partial charge in [0.25, 0.3) is 0 Å². The fourth-order valence-electron chi connectivity index (χ4n) is 1.05. The number of aliphatic carboxylic acids is 1. The first-order chi connectivity index (χ1) is 8.20. The van der Waals surface area contributed by atoms with Crippen LogP contribution in [-0.4, -0.2) is 54.6 Å². The lowest BCUT2D eigenvalue weighted by molar-refractivity contribution is -0.153. The van der Waals surface area contributed by atoms with Crippen molar-refractivity contribution in [1.29, 1.82) is 0 Å². The van der Waals surface area contributed by atoms with Gasteiger partial charge in [0.05, 0.1) is 26.2 Å². The molecule has 18 heavy (non-hydrogen) atoms. The first kappa shape index (κ1) is 16.5. The highest BCUT2D eigenvalue weighted by molar-refractivity contribution is 5.83. The van der Waals surface area contributed by atoms with Gasteiger partial charge in [-0.15, -0.1) is 0 Å². The van der Waals surface area contributed by atoms with E-state index in [4.69, 9.17) is 9.84 Å². The fourth-order valence-corrected chi connectivity index (χ4v) is 1.05. The number of ether oxygens (including phenoxy) is 1. The number of carboxylic acid groups (broad SMARTS) is 1. The average molecular weight is 260 g/mol. The van der Waals surface area contributed by atoms with Crippen LogP contribution >= 0.6 is 0 Å². The van der Waals surface area contributed by atoms with Gasteiger partial charge in [-0.05, 0) is 20.8 Å². The summed E-state index contributed by atoms with van der Waals surface area (Å²) in [6.07, 6.45) is 0. The fraction of sp³-hybridized carbons (Fsp3) is 0.727. The molecular weight excluding hydrogens is 240 g/mol. The minimum Gasteiger partial charge on any atom is -0.480 e. The van der Waals surface area contributed by atoms with Crippen molar-refractivity contribution in [3.05, 3.63) is 0 Å². The molecule has 0 spiro atoms. The van der Waals surface area contributed by atoms with Crippen LogP contribution in [0.4, 0.5) is 0 Å². The number of nitrogens with one attached hydrogen (secondary N) is 2. The van der Waals surface area contributed by atoms with Crippen LogP contribution in [0, 0.1) is 0 Å². The van der Waals surface area contributed by atoms with Crippen molar-refractivity contribution in [2.75, 3.05) is 26.2 Å². The molecule has 7 heteroatoms. The van der Waals surface area contributed by atoms with E-state index in [-0.39, 0.29) is 32.0 Å². The average Bonchev–Trinajstić information content (AvgIpc) is 2.13. The Morgan fingerprint density at radius 1 is 1.00 bits per heavy atom. The second-order valence-corrected chi connectivity index (χ2v) is 4.73. The Morgan fingerprint density at radius 2 is 1.50 bits per heavy atom. The maximum Gasteiger partial charge on any atom is 0.320 e. The predicted octanol–water partition coefficient (Wildman–Crippen LogP) is -0.839. The second-order valence-electron chi connectivity index (χ2n) is 4.73. The number of rotatable bonds is 8. The molecule has 0 radical (unpaired) electrons. The summed E-state index contributed by atoms with van der Waals surface area (Å²) in [4.78, 5) is 32.6. The zero-order valence-corrected chi connectivity index (χ0v) is 10.9. The van der Waals surface area contributed by atoms with Crippen LogP contribution in [0.5, 0.6) is 0 Å². The van der Waals surface area contributed by atoms with Crippen LogP contribution in [0.25, 0.3) is 0 Å². The Hall–Kier alpha value is -1.47. The van der Waals surface area contributed by atoms with Gasteiger partial charge in [-0.25, -0.2) is 0 Å². The number of carboxylic acids is 1. The summed E-state index contributed by atoms with van der Waals surface area (Å²) >= 11 is 0. The number of hydrogen-bond donors (Lipinski definition) is 3. The van der Waals surface area contributed by atoms with Gasteiger partial charge in [0.1, 0.15) is 5.60 Å². The molecule has 0 fully saturated rings. The summed E-state index contributed by atoms with van der Waals surface area (Å²) in [5, 5.41) is 13.4. The molecule has 0 aliphatic carbocycles. The van der Waals surface area contributed by atoms with Crippen LogP contribution in [0.15, 0.2) is 0 Å². The van der Waals surface area contributed by atoms with Gasteiger partial charge in [-0.2, -0.15) is 0 Å². The van der Waals surface area contributed by atoms with Gasteiger partial charge in [-0.1, -0.05) is 0 Å². The Morgan fingerprint density at radius 3 is 1.94 bits per heavy atom. The Bertz CT molecular complexity index is 309. The van der Waals surface area contributed by atoms with Crippen LogP contribution in [0.3, 0.4) is 0 Å². The molecule has 0 saturated heterocycles. The van der Waals surface area contributed by atoms with Gasteiger partial charge in [-0.3, -0.25) is 14.4 Å². The molecule has 0 unspecified atom stereocenters. The van der Waals surface area contributed by atoms with Crippen molar-refractivity contribution in [2.24, 2.45) is 0 Å². The van der Waals surface area contributed by atoms with E-state index in [0.29, 0.717) is 0 Å². The molecule has 104 valence electrons. The van der Waals surface area contributed by atoms with E-state index in [9.17, 15) is 14.4 Å².